The summed E-state index contributed by atoms with van der Waals surface area (Å²) in [5.74, 6) is -1.03. The van der Waals surface area contributed by atoms with Crippen molar-refractivity contribution in [3.8, 4) is 0 Å². The molecule has 0 bridgehead atoms. The predicted octanol–water partition coefficient (Wildman–Crippen LogP) is 2.23. The summed E-state index contributed by atoms with van der Waals surface area (Å²) in [5.41, 5.74) is 0.530. The second-order valence-electron chi connectivity index (χ2n) is 5.52. The summed E-state index contributed by atoms with van der Waals surface area (Å²) in [4.78, 5) is 22.7. The van der Waals surface area contributed by atoms with Crippen molar-refractivity contribution in [2.75, 3.05) is 0 Å². The molecule has 1 amide bonds. The lowest BCUT2D eigenvalue weighted by Crippen LogP contribution is -2.43. The Morgan fingerprint density at radius 1 is 1.26 bits per heavy atom. The highest BCUT2D eigenvalue weighted by Gasteiger charge is 2.29. The average molecular weight is 263 g/mol. The van der Waals surface area contributed by atoms with Gasteiger partial charge in [0.1, 0.15) is 0 Å². The SMILES string of the molecule is CC(CC(=O)O)NC(=O)C(C)(C)Cc1ccccc1. The first-order chi connectivity index (χ1) is 8.81. The van der Waals surface area contributed by atoms with Gasteiger partial charge < -0.3 is 10.4 Å². The number of amides is 1. The fourth-order valence-corrected chi connectivity index (χ4v) is 1.92. The fraction of sp³-hybridized carbons (Fsp3) is 0.467. The molecule has 1 rings (SSSR count). The number of rotatable bonds is 6. The molecule has 0 aliphatic heterocycles. The topological polar surface area (TPSA) is 66.4 Å². The number of carboxylic acids is 1. The number of hydrogen-bond acceptors (Lipinski definition) is 2. The summed E-state index contributed by atoms with van der Waals surface area (Å²) in [7, 11) is 0. The number of benzene rings is 1. The van der Waals surface area contributed by atoms with Gasteiger partial charge in [0.05, 0.1) is 6.42 Å². The van der Waals surface area contributed by atoms with Gasteiger partial charge in [-0.2, -0.15) is 0 Å². The first-order valence-corrected chi connectivity index (χ1v) is 6.38. The molecule has 0 aromatic heterocycles. The molecule has 0 aliphatic carbocycles. The van der Waals surface area contributed by atoms with Crippen LogP contribution < -0.4 is 5.32 Å². The van der Waals surface area contributed by atoms with Crippen LogP contribution >= 0.6 is 0 Å². The molecule has 4 nitrogen and oxygen atoms in total. The third-order valence-corrected chi connectivity index (χ3v) is 2.96. The smallest absolute Gasteiger partial charge is 0.305 e. The van der Waals surface area contributed by atoms with Gasteiger partial charge in [-0.05, 0) is 18.9 Å². The predicted molar refractivity (Wildman–Crippen MR) is 73.8 cm³/mol. The Morgan fingerprint density at radius 3 is 2.37 bits per heavy atom. The van der Waals surface area contributed by atoms with Gasteiger partial charge in [0, 0.05) is 11.5 Å². The Morgan fingerprint density at radius 2 is 1.84 bits per heavy atom. The third-order valence-electron chi connectivity index (χ3n) is 2.96. The normalized spacial score (nSPS) is 12.8. The van der Waals surface area contributed by atoms with Crippen molar-refractivity contribution in [3.63, 3.8) is 0 Å². The van der Waals surface area contributed by atoms with E-state index >= 15 is 0 Å². The van der Waals surface area contributed by atoms with Gasteiger partial charge in [0.25, 0.3) is 0 Å². The van der Waals surface area contributed by atoms with E-state index in [4.69, 9.17) is 5.11 Å². The summed E-state index contributed by atoms with van der Waals surface area (Å²) in [6.45, 7) is 5.43. The van der Waals surface area contributed by atoms with E-state index in [2.05, 4.69) is 5.32 Å². The largest absolute Gasteiger partial charge is 0.481 e. The van der Waals surface area contributed by atoms with E-state index in [1.165, 1.54) is 0 Å². The fourth-order valence-electron chi connectivity index (χ4n) is 1.92. The zero-order chi connectivity index (χ0) is 14.5. The molecule has 0 aliphatic rings. The Bertz CT molecular complexity index is 440. The van der Waals surface area contributed by atoms with Crippen molar-refractivity contribution in [1.29, 1.82) is 0 Å². The van der Waals surface area contributed by atoms with Crippen LogP contribution in [0.25, 0.3) is 0 Å². The van der Waals surface area contributed by atoms with Crippen LogP contribution in [0, 0.1) is 5.41 Å². The Labute approximate surface area is 113 Å². The summed E-state index contributed by atoms with van der Waals surface area (Å²) >= 11 is 0. The molecule has 1 aromatic rings. The van der Waals surface area contributed by atoms with E-state index in [0.29, 0.717) is 6.42 Å². The lowest BCUT2D eigenvalue weighted by atomic mass is 9.84. The first kappa shape index (κ1) is 15.2. The standard InChI is InChI=1S/C15H21NO3/c1-11(9-13(17)18)16-14(19)15(2,3)10-12-7-5-4-6-8-12/h4-8,11H,9-10H2,1-3H3,(H,16,19)(H,17,18). The van der Waals surface area contributed by atoms with E-state index in [1.807, 2.05) is 44.2 Å². The molecule has 104 valence electrons. The maximum Gasteiger partial charge on any atom is 0.305 e. The quantitative estimate of drug-likeness (QED) is 0.827. The van der Waals surface area contributed by atoms with Crippen LogP contribution in [-0.4, -0.2) is 23.0 Å². The number of aliphatic carboxylic acids is 1. The summed E-state index contributed by atoms with van der Waals surface area (Å²) < 4.78 is 0. The minimum Gasteiger partial charge on any atom is -0.481 e. The van der Waals surface area contributed by atoms with E-state index in [-0.39, 0.29) is 18.4 Å². The highest BCUT2D eigenvalue weighted by Crippen LogP contribution is 2.22. The van der Waals surface area contributed by atoms with Crippen molar-refractivity contribution in [3.05, 3.63) is 35.9 Å². The van der Waals surface area contributed by atoms with Crippen LogP contribution in [0.4, 0.5) is 0 Å². The van der Waals surface area contributed by atoms with E-state index in [1.54, 1.807) is 6.92 Å². The Hall–Kier alpha value is -1.84. The molecule has 1 atom stereocenters. The van der Waals surface area contributed by atoms with Crippen molar-refractivity contribution < 1.29 is 14.7 Å². The van der Waals surface area contributed by atoms with Crippen molar-refractivity contribution in [2.45, 2.75) is 39.7 Å². The van der Waals surface area contributed by atoms with Gasteiger partial charge >= 0.3 is 5.97 Å². The van der Waals surface area contributed by atoms with Gasteiger partial charge in [0.2, 0.25) is 5.91 Å². The minimum absolute atomic E-state index is 0.0623. The van der Waals surface area contributed by atoms with Crippen LogP contribution in [0.1, 0.15) is 32.8 Å². The van der Waals surface area contributed by atoms with Gasteiger partial charge in [-0.15, -0.1) is 0 Å². The molecule has 4 heteroatoms. The Kier molecular flexibility index (Phi) is 5.10. The number of carboxylic acid groups (broad SMARTS) is 1. The highest BCUT2D eigenvalue weighted by molar-refractivity contribution is 5.83. The summed E-state index contributed by atoms with van der Waals surface area (Å²) in [6, 6.07) is 9.42. The van der Waals surface area contributed by atoms with Gasteiger partial charge in [-0.25, -0.2) is 0 Å². The molecule has 0 spiro atoms. The molecular formula is C15H21NO3. The number of carbonyl (C=O) groups is 2. The number of hydrogen-bond donors (Lipinski definition) is 2. The zero-order valence-electron chi connectivity index (χ0n) is 11.6. The Balaban J connectivity index is 2.61. The van der Waals surface area contributed by atoms with Crippen LogP contribution in [0.3, 0.4) is 0 Å². The van der Waals surface area contributed by atoms with E-state index < -0.39 is 11.4 Å². The molecule has 0 fully saturated rings. The van der Waals surface area contributed by atoms with Crippen LogP contribution in [0.15, 0.2) is 30.3 Å². The van der Waals surface area contributed by atoms with E-state index in [0.717, 1.165) is 5.56 Å². The summed E-state index contributed by atoms with van der Waals surface area (Å²) in [6.07, 6.45) is 0.562. The lowest BCUT2D eigenvalue weighted by molar-refractivity contribution is -0.138. The molecular weight excluding hydrogens is 242 g/mol. The van der Waals surface area contributed by atoms with Crippen molar-refractivity contribution in [2.24, 2.45) is 5.41 Å². The first-order valence-electron chi connectivity index (χ1n) is 6.38. The average Bonchev–Trinajstić information content (AvgIpc) is 2.28. The van der Waals surface area contributed by atoms with Crippen LogP contribution in [-0.2, 0) is 16.0 Å². The minimum atomic E-state index is -0.909. The van der Waals surface area contributed by atoms with Gasteiger partial charge in [-0.1, -0.05) is 44.2 Å². The maximum atomic E-state index is 12.2. The highest BCUT2D eigenvalue weighted by atomic mass is 16.4. The molecule has 0 saturated heterocycles. The summed E-state index contributed by atoms with van der Waals surface area (Å²) in [5, 5.41) is 11.4. The lowest BCUT2D eigenvalue weighted by Gasteiger charge is -2.25. The van der Waals surface area contributed by atoms with Gasteiger partial charge in [-0.3, -0.25) is 9.59 Å². The van der Waals surface area contributed by atoms with Crippen LogP contribution in [0.5, 0.6) is 0 Å². The zero-order valence-corrected chi connectivity index (χ0v) is 11.6. The number of nitrogens with one attached hydrogen (secondary N) is 1. The second-order valence-corrected chi connectivity index (χ2v) is 5.52. The van der Waals surface area contributed by atoms with E-state index in [9.17, 15) is 9.59 Å². The molecule has 1 unspecified atom stereocenters. The second kappa shape index (κ2) is 6.36. The van der Waals surface area contributed by atoms with Crippen molar-refractivity contribution in [1.82, 2.24) is 5.32 Å². The molecule has 2 N–H and O–H groups in total. The molecule has 0 radical (unpaired) electrons. The molecule has 1 aromatic carbocycles. The monoisotopic (exact) mass is 263 g/mol. The van der Waals surface area contributed by atoms with Crippen LogP contribution in [0.2, 0.25) is 0 Å². The third kappa shape index (κ3) is 5.12. The number of carbonyl (C=O) groups excluding carboxylic acids is 1. The molecule has 19 heavy (non-hydrogen) atoms. The molecule has 0 heterocycles. The van der Waals surface area contributed by atoms with Gasteiger partial charge in [0.15, 0.2) is 0 Å². The van der Waals surface area contributed by atoms with Crippen molar-refractivity contribution >= 4 is 11.9 Å². The maximum absolute atomic E-state index is 12.2. The molecule has 0 saturated carbocycles.